The van der Waals surface area contributed by atoms with Crippen molar-refractivity contribution in [1.29, 1.82) is 0 Å². The van der Waals surface area contributed by atoms with E-state index in [1.54, 1.807) is 0 Å². The summed E-state index contributed by atoms with van der Waals surface area (Å²) < 4.78 is 11.5. The number of carbonyl (C=O) groups is 2. The highest BCUT2D eigenvalue weighted by atomic mass is 16.5. The van der Waals surface area contributed by atoms with Gasteiger partial charge in [-0.1, -0.05) is 44.7 Å². The lowest BCUT2D eigenvalue weighted by molar-refractivity contribution is -0.138. The normalized spacial score (nSPS) is 20.6. The van der Waals surface area contributed by atoms with Crippen LogP contribution in [0.15, 0.2) is 59.5 Å². The van der Waals surface area contributed by atoms with Crippen LogP contribution in [0.5, 0.6) is 5.75 Å². The topological polar surface area (TPSA) is 64.6 Å². The molecule has 1 aromatic carbocycles. The number of hydrogen-bond acceptors (Lipinski definition) is 5. The van der Waals surface area contributed by atoms with Gasteiger partial charge in [-0.2, -0.15) is 0 Å². The number of carbonyl (C=O) groups excluding carboxylic acids is 2. The van der Waals surface area contributed by atoms with Gasteiger partial charge in [0.25, 0.3) is 0 Å². The maximum Gasteiger partial charge on any atom is 0.337 e. The SMILES string of the molecule is C=CCOC(=O)C1=C(C)NC2=C(C(=O)CC(C)(C)C2)[C@H]1c1ccccc1OC(C)C. The third-order valence-electron chi connectivity index (χ3n) is 5.38. The Morgan fingerprint density at radius 3 is 2.67 bits per heavy atom. The summed E-state index contributed by atoms with van der Waals surface area (Å²) in [5.74, 6) is -0.254. The van der Waals surface area contributed by atoms with Gasteiger partial charge in [0.15, 0.2) is 5.78 Å². The molecule has 0 radical (unpaired) electrons. The van der Waals surface area contributed by atoms with Crippen LogP contribution in [0.1, 0.15) is 58.9 Å². The largest absolute Gasteiger partial charge is 0.491 e. The van der Waals surface area contributed by atoms with Crippen molar-refractivity contribution in [2.24, 2.45) is 5.41 Å². The summed E-state index contributed by atoms with van der Waals surface area (Å²) in [7, 11) is 0. The van der Waals surface area contributed by atoms with Gasteiger partial charge in [-0.25, -0.2) is 4.79 Å². The molecule has 5 nitrogen and oxygen atoms in total. The maximum atomic E-state index is 13.3. The number of para-hydroxylation sites is 1. The van der Waals surface area contributed by atoms with E-state index >= 15 is 0 Å². The molecule has 1 aliphatic heterocycles. The third-order valence-corrected chi connectivity index (χ3v) is 5.38. The fraction of sp³-hybridized carbons (Fsp3) is 0.440. The molecule has 0 amide bonds. The molecule has 1 N–H and O–H groups in total. The maximum absolute atomic E-state index is 13.3. The summed E-state index contributed by atoms with van der Waals surface area (Å²) >= 11 is 0. The lowest BCUT2D eigenvalue weighted by Gasteiger charge is -2.39. The zero-order valence-corrected chi connectivity index (χ0v) is 18.5. The monoisotopic (exact) mass is 409 g/mol. The Labute approximate surface area is 178 Å². The van der Waals surface area contributed by atoms with Gasteiger partial charge in [0, 0.05) is 29.0 Å². The van der Waals surface area contributed by atoms with Gasteiger partial charge in [0.1, 0.15) is 12.4 Å². The number of ether oxygens (including phenoxy) is 2. The Morgan fingerprint density at radius 1 is 1.30 bits per heavy atom. The van der Waals surface area contributed by atoms with E-state index in [4.69, 9.17) is 9.47 Å². The van der Waals surface area contributed by atoms with E-state index in [0.717, 1.165) is 17.7 Å². The Morgan fingerprint density at radius 2 is 2.00 bits per heavy atom. The third kappa shape index (κ3) is 4.35. The minimum absolute atomic E-state index is 0.0384. The molecule has 0 aromatic heterocycles. The molecule has 1 atom stereocenters. The van der Waals surface area contributed by atoms with Crippen molar-refractivity contribution in [3.05, 3.63) is 65.0 Å². The summed E-state index contributed by atoms with van der Waals surface area (Å²) in [6.45, 7) is 13.7. The van der Waals surface area contributed by atoms with E-state index in [1.165, 1.54) is 6.08 Å². The van der Waals surface area contributed by atoms with Crippen molar-refractivity contribution in [2.45, 2.75) is 59.5 Å². The van der Waals surface area contributed by atoms with Gasteiger partial charge >= 0.3 is 5.97 Å². The quantitative estimate of drug-likeness (QED) is 0.540. The molecule has 1 aliphatic carbocycles. The fourth-order valence-electron chi connectivity index (χ4n) is 4.31. The molecule has 0 fully saturated rings. The second-order valence-corrected chi connectivity index (χ2v) is 9.02. The van der Waals surface area contributed by atoms with Crippen LogP contribution in [-0.2, 0) is 14.3 Å². The molecular formula is C25H31NO4. The first-order valence-corrected chi connectivity index (χ1v) is 10.4. The number of allylic oxidation sites excluding steroid dienone is 3. The van der Waals surface area contributed by atoms with Crippen molar-refractivity contribution in [3.63, 3.8) is 0 Å². The van der Waals surface area contributed by atoms with Crippen LogP contribution in [0, 0.1) is 5.41 Å². The van der Waals surface area contributed by atoms with Gasteiger partial charge in [-0.3, -0.25) is 4.79 Å². The summed E-state index contributed by atoms with van der Waals surface area (Å²) in [5, 5.41) is 3.34. The van der Waals surface area contributed by atoms with E-state index in [9.17, 15) is 9.59 Å². The second-order valence-electron chi connectivity index (χ2n) is 9.02. The lowest BCUT2D eigenvalue weighted by Crippen LogP contribution is -2.38. The van der Waals surface area contributed by atoms with Crippen LogP contribution in [0.3, 0.4) is 0 Å². The first-order chi connectivity index (χ1) is 14.1. The molecule has 0 saturated heterocycles. The summed E-state index contributed by atoms with van der Waals surface area (Å²) in [6, 6.07) is 7.62. The minimum atomic E-state index is -0.530. The molecule has 0 spiro atoms. The van der Waals surface area contributed by atoms with E-state index in [0.29, 0.717) is 29.0 Å². The molecule has 2 aliphatic rings. The summed E-state index contributed by atoms with van der Waals surface area (Å²) in [6.07, 6.45) is 2.67. The predicted octanol–water partition coefficient (Wildman–Crippen LogP) is 4.81. The van der Waals surface area contributed by atoms with Crippen LogP contribution in [-0.4, -0.2) is 24.5 Å². The predicted molar refractivity (Wildman–Crippen MR) is 117 cm³/mol. The highest BCUT2D eigenvalue weighted by Crippen LogP contribution is 2.48. The standard InChI is InChI=1S/C25H31NO4/c1-7-12-29-24(28)21-16(4)26-18-13-25(5,6)14-19(27)23(18)22(21)17-10-8-9-11-20(17)30-15(2)3/h7-11,15,22,26H,1,12-14H2,2-6H3/t22-/m0/s1. The molecule has 0 unspecified atom stereocenters. The van der Waals surface area contributed by atoms with Crippen molar-refractivity contribution in [1.82, 2.24) is 5.32 Å². The van der Waals surface area contributed by atoms with Crippen LogP contribution in [0.4, 0.5) is 0 Å². The lowest BCUT2D eigenvalue weighted by atomic mass is 9.68. The zero-order valence-electron chi connectivity index (χ0n) is 18.5. The van der Waals surface area contributed by atoms with Crippen molar-refractivity contribution < 1.29 is 19.1 Å². The smallest absolute Gasteiger partial charge is 0.337 e. The first-order valence-electron chi connectivity index (χ1n) is 10.4. The molecule has 1 heterocycles. The Bertz CT molecular complexity index is 936. The van der Waals surface area contributed by atoms with Crippen LogP contribution in [0.2, 0.25) is 0 Å². The Balaban J connectivity index is 2.20. The Hall–Kier alpha value is -2.82. The van der Waals surface area contributed by atoms with Crippen LogP contribution >= 0.6 is 0 Å². The molecule has 160 valence electrons. The van der Waals surface area contributed by atoms with E-state index in [1.807, 2.05) is 45.0 Å². The molecule has 0 saturated carbocycles. The number of rotatable bonds is 6. The van der Waals surface area contributed by atoms with Crippen molar-refractivity contribution in [2.75, 3.05) is 6.61 Å². The molecule has 5 heteroatoms. The second kappa shape index (κ2) is 8.50. The molecule has 1 aromatic rings. The van der Waals surface area contributed by atoms with Gasteiger partial charge < -0.3 is 14.8 Å². The number of dihydropyridines is 1. The Kier molecular flexibility index (Phi) is 6.20. The number of esters is 1. The average molecular weight is 410 g/mol. The van der Waals surface area contributed by atoms with Crippen LogP contribution in [0.25, 0.3) is 0 Å². The van der Waals surface area contributed by atoms with Gasteiger partial charge in [-0.05, 0) is 38.7 Å². The number of Topliss-reactive ketones (excluding diaryl/α,β-unsaturated/α-hetero) is 1. The molecule has 30 heavy (non-hydrogen) atoms. The fourth-order valence-corrected chi connectivity index (χ4v) is 4.31. The van der Waals surface area contributed by atoms with Crippen molar-refractivity contribution in [3.8, 4) is 5.75 Å². The highest BCUT2D eigenvalue weighted by molar-refractivity contribution is 6.04. The number of benzene rings is 1. The van der Waals surface area contributed by atoms with Gasteiger partial charge in [0.2, 0.25) is 0 Å². The van der Waals surface area contributed by atoms with E-state index < -0.39 is 11.9 Å². The number of nitrogens with one attached hydrogen (secondary N) is 1. The molecule has 0 bridgehead atoms. The van der Waals surface area contributed by atoms with E-state index in [-0.39, 0.29) is 23.9 Å². The average Bonchev–Trinajstić information content (AvgIpc) is 2.64. The van der Waals surface area contributed by atoms with E-state index in [2.05, 4.69) is 25.7 Å². The zero-order chi connectivity index (χ0) is 22.1. The summed E-state index contributed by atoms with van der Waals surface area (Å²) in [5.41, 5.74) is 3.35. The highest BCUT2D eigenvalue weighted by Gasteiger charge is 2.44. The number of ketones is 1. The number of hydrogen-bond donors (Lipinski definition) is 1. The van der Waals surface area contributed by atoms with Gasteiger partial charge in [0.05, 0.1) is 17.6 Å². The minimum Gasteiger partial charge on any atom is -0.491 e. The molecule has 3 rings (SSSR count). The van der Waals surface area contributed by atoms with Crippen LogP contribution < -0.4 is 10.1 Å². The molecular weight excluding hydrogens is 378 g/mol. The van der Waals surface area contributed by atoms with Gasteiger partial charge in [-0.15, -0.1) is 0 Å². The summed E-state index contributed by atoms with van der Waals surface area (Å²) in [4.78, 5) is 26.4. The van der Waals surface area contributed by atoms with Crippen molar-refractivity contribution >= 4 is 11.8 Å². The first kappa shape index (κ1) is 21.9.